The molecule has 88 valence electrons. The van der Waals surface area contributed by atoms with E-state index in [0.29, 0.717) is 5.38 Å². The molecule has 0 bridgehead atoms. The highest BCUT2D eigenvalue weighted by atomic mass is 79.9. The van der Waals surface area contributed by atoms with Gasteiger partial charge in [0.15, 0.2) is 0 Å². The molecule has 1 atom stereocenters. The van der Waals surface area contributed by atoms with Crippen molar-refractivity contribution in [1.82, 2.24) is 0 Å². The molecule has 16 heavy (non-hydrogen) atoms. The molecule has 3 heteroatoms. The smallest absolute Gasteiger partial charge is 0.122 e. The lowest BCUT2D eigenvalue weighted by molar-refractivity contribution is 0.408. The van der Waals surface area contributed by atoms with E-state index in [1.54, 1.807) is 7.11 Å². The summed E-state index contributed by atoms with van der Waals surface area (Å²) in [6.45, 7) is 0. The first kappa shape index (κ1) is 12.3. The van der Waals surface area contributed by atoms with Crippen LogP contribution in [0.25, 0.3) is 0 Å². The summed E-state index contributed by atoms with van der Waals surface area (Å²) >= 11 is 9.80. The van der Waals surface area contributed by atoms with E-state index in [-0.39, 0.29) is 0 Å². The van der Waals surface area contributed by atoms with Crippen LogP contribution in [0.15, 0.2) is 22.7 Å². The summed E-state index contributed by atoms with van der Waals surface area (Å²) < 4.78 is 6.44. The standard InChI is InChI=1S/C13H16BrClO/c1-16-13-7-5-11(14)8-10(13)4-6-12(15)9-2-3-9/h5,7-9,12H,2-4,6H2,1H3. The quantitative estimate of drug-likeness (QED) is 0.732. The molecule has 2 rings (SSSR count). The highest BCUT2D eigenvalue weighted by molar-refractivity contribution is 9.10. The van der Waals surface area contributed by atoms with Crippen LogP contribution in [-0.4, -0.2) is 12.5 Å². The maximum absolute atomic E-state index is 6.31. The highest BCUT2D eigenvalue weighted by Gasteiger charge is 2.29. The Balaban J connectivity index is 1.98. The molecule has 1 saturated carbocycles. The van der Waals surface area contributed by atoms with E-state index in [2.05, 4.69) is 22.0 Å². The van der Waals surface area contributed by atoms with Gasteiger partial charge >= 0.3 is 0 Å². The van der Waals surface area contributed by atoms with Crippen LogP contribution < -0.4 is 4.74 Å². The Kier molecular flexibility index (Phi) is 4.15. The molecule has 0 spiro atoms. The van der Waals surface area contributed by atoms with Crippen molar-refractivity contribution in [2.75, 3.05) is 7.11 Å². The molecule has 1 nitrogen and oxygen atoms in total. The number of rotatable bonds is 5. The fraction of sp³-hybridized carbons (Fsp3) is 0.538. The largest absolute Gasteiger partial charge is 0.496 e. The lowest BCUT2D eigenvalue weighted by Crippen LogP contribution is -2.04. The zero-order valence-corrected chi connectivity index (χ0v) is 11.7. The van der Waals surface area contributed by atoms with Crippen LogP contribution in [0.2, 0.25) is 0 Å². The molecular formula is C13H16BrClO. The van der Waals surface area contributed by atoms with Gasteiger partial charge in [0.2, 0.25) is 0 Å². The molecule has 0 amide bonds. The van der Waals surface area contributed by atoms with Crippen molar-refractivity contribution in [3.05, 3.63) is 28.2 Å². The molecule has 0 N–H and O–H groups in total. The highest BCUT2D eigenvalue weighted by Crippen LogP contribution is 2.38. The first-order chi connectivity index (χ1) is 7.70. The molecule has 0 radical (unpaired) electrons. The van der Waals surface area contributed by atoms with E-state index in [1.165, 1.54) is 18.4 Å². The number of benzene rings is 1. The molecule has 0 heterocycles. The fourth-order valence-electron chi connectivity index (χ4n) is 1.93. The molecule has 1 unspecified atom stereocenters. The normalized spacial score (nSPS) is 17.2. The Morgan fingerprint density at radius 1 is 1.50 bits per heavy atom. The minimum atomic E-state index is 0.337. The van der Waals surface area contributed by atoms with Gasteiger partial charge in [0, 0.05) is 9.85 Å². The molecule has 0 saturated heterocycles. The third-order valence-electron chi connectivity index (χ3n) is 3.07. The molecule has 1 aromatic rings. The van der Waals surface area contributed by atoms with Crippen molar-refractivity contribution < 1.29 is 4.74 Å². The van der Waals surface area contributed by atoms with Crippen LogP contribution in [0.3, 0.4) is 0 Å². The first-order valence-corrected chi connectivity index (χ1v) is 6.90. The van der Waals surface area contributed by atoms with Gasteiger partial charge in [-0.3, -0.25) is 0 Å². The van der Waals surface area contributed by atoms with E-state index in [4.69, 9.17) is 16.3 Å². The third-order valence-corrected chi connectivity index (χ3v) is 4.13. The molecule has 0 aliphatic heterocycles. The van der Waals surface area contributed by atoms with E-state index < -0.39 is 0 Å². The summed E-state index contributed by atoms with van der Waals surface area (Å²) in [5, 5.41) is 0.337. The second-order valence-electron chi connectivity index (χ2n) is 4.35. The predicted octanol–water partition coefficient (Wildman–Crippen LogP) is 4.41. The lowest BCUT2D eigenvalue weighted by atomic mass is 10.1. The summed E-state index contributed by atoms with van der Waals surface area (Å²) in [5.41, 5.74) is 1.24. The number of hydrogen-bond donors (Lipinski definition) is 0. The van der Waals surface area contributed by atoms with Crippen LogP contribution in [0, 0.1) is 5.92 Å². The molecule has 1 aliphatic rings. The van der Waals surface area contributed by atoms with E-state index >= 15 is 0 Å². The van der Waals surface area contributed by atoms with E-state index in [0.717, 1.165) is 29.0 Å². The topological polar surface area (TPSA) is 9.23 Å². The fourth-order valence-corrected chi connectivity index (χ4v) is 2.70. The number of aryl methyl sites for hydroxylation is 1. The Bertz CT molecular complexity index is 363. The van der Waals surface area contributed by atoms with E-state index in [9.17, 15) is 0 Å². The summed E-state index contributed by atoms with van der Waals surface area (Å²) in [5.74, 6) is 1.72. The maximum Gasteiger partial charge on any atom is 0.122 e. The Labute approximate surface area is 110 Å². The zero-order chi connectivity index (χ0) is 11.5. The summed E-state index contributed by atoms with van der Waals surface area (Å²) in [7, 11) is 1.71. The van der Waals surface area contributed by atoms with Gasteiger partial charge in [-0.1, -0.05) is 15.9 Å². The van der Waals surface area contributed by atoms with Crippen molar-refractivity contribution in [1.29, 1.82) is 0 Å². The van der Waals surface area contributed by atoms with Crippen molar-refractivity contribution in [2.24, 2.45) is 5.92 Å². The molecule has 0 aromatic heterocycles. The second-order valence-corrected chi connectivity index (χ2v) is 5.82. The molecule has 1 fully saturated rings. The first-order valence-electron chi connectivity index (χ1n) is 5.67. The third kappa shape index (κ3) is 3.14. The molecular weight excluding hydrogens is 287 g/mol. The van der Waals surface area contributed by atoms with Gasteiger partial charge in [-0.25, -0.2) is 0 Å². The summed E-state index contributed by atoms with van der Waals surface area (Å²) in [4.78, 5) is 0. The van der Waals surface area contributed by atoms with Gasteiger partial charge < -0.3 is 4.74 Å². The second kappa shape index (κ2) is 5.42. The van der Waals surface area contributed by atoms with Gasteiger partial charge in [0.25, 0.3) is 0 Å². The zero-order valence-electron chi connectivity index (χ0n) is 9.38. The van der Waals surface area contributed by atoms with Gasteiger partial charge in [-0.15, -0.1) is 11.6 Å². The van der Waals surface area contributed by atoms with Crippen molar-refractivity contribution in [3.8, 4) is 5.75 Å². The number of ether oxygens (including phenoxy) is 1. The van der Waals surface area contributed by atoms with Crippen LogP contribution in [0.1, 0.15) is 24.8 Å². The maximum atomic E-state index is 6.31. The lowest BCUT2D eigenvalue weighted by Gasteiger charge is -2.11. The van der Waals surface area contributed by atoms with Crippen molar-refractivity contribution >= 4 is 27.5 Å². The predicted molar refractivity (Wildman–Crippen MR) is 71.4 cm³/mol. The molecule has 1 aliphatic carbocycles. The van der Waals surface area contributed by atoms with Gasteiger partial charge in [0.1, 0.15) is 5.75 Å². The number of halogens is 2. The average Bonchev–Trinajstić information content (AvgIpc) is 3.10. The van der Waals surface area contributed by atoms with Crippen LogP contribution in [0.4, 0.5) is 0 Å². The monoisotopic (exact) mass is 302 g/mol. The van der Waals surface area contributed by atoms with Crippen molar-refractivity contribution in [2.45, 2.75) is 31.1 Å². The molecule has 1 aromatic carbocycles. The van der Waals surface area contributed by atoms with Gasteiger partial charge in [-0.2, -0.15) is 0 Å². The number of methoxy groups -OCH3 is 1. The van der Waals surface area contributed by atoms with Crippen LogP contribution in [-0.2, 0) is 6.42 Å². The van der Waals surface area contributed by atoms with Crippen molar-refractivity contribution in [3.63, 3.8) is 0 Å². The number of alkyl halides is 1. The summed E-state index contributed by atoms with van der Waals surface area (Å²) in [6, 6.07) is 6.12. The Hall–Kier alpha value is -0.210. The minimum absolute atomic E-state index is 0.337. The minimum Gasteiger partial charge on any atom is -0.496 e. The Morgan fingerprint density at radius 3 is 2.88 bits per heavy atom. The SMILES string of the molecule is COc1ccc(Br)cc1CCC(Cl)C1CC1. The van der Waals surface area contributed by atoms with Gasteiger partial charge in [0.05, 0.1) is 7.11 Å². The van der Waals surface area contributed by atoms with Gasteiger partial charge in [-0.05, 0) is 55.4 Å². The van der Waals surface area contributed by atoms with Crippen LogP contribution >= 0.6 is 27.5 Å². The Morgan fingerprint density at radius 2 is 2.25 bits per heavy atom. The van der Waals surface area contributed by atoms with Crippen LogP contribution in [0.5, 0.6) is 5.75 Å². The number of hydrogen-bond acceptors (Lipinski definition) is 1. The van der Waals surface area contributed by atoms with E-state index in [1.807, 2.05) is 12.1 Å². The average molecular weight is 304 g/mol. The summed E-state index contributed by atoms with van der Waals surface area (Å²) in [6.07, 6.45) is 4.65.